The van der Waals surface area contributed by atoms with Crippen LogP contribution in [-0.2, 0) is 0 Å². The van der Waals surface area contributed by atoms with Crippen molar-refractivity contribution in [2.45, 2.75) is 6.04 Å². The third-order valence-electron chi connectivity index (χ3n) is 2.14. The molecule has 1 aromatic heterocycles. The Morgan fingerprint density at radius 1 is 1.47 bits per heavy atom. The molecule has 0 bridgehead atoms. The number of rotatable bonds is 3. The van der Waals surface area contributed by atoms with Crippen LogP contribution in [0, 0.1) is 5.82 Å². The topological polar surface area (TPSA) is 66.7 Å². The number of aromatic nitrogens is 2. The Hall–Kier alpha value is -1.72. The van der Waals surface area contributed by atoms with Crippen molar-refractivity contribution < 1.29 is 4.39 Å². The molecule has 4 N–H and O–H groups in total. The zero-order valence-electron chi connectivity index (χ0n) is 7.94. The zero-order chi connectivity index (χ0) is 10.7. The molecule has 1 aromatic carbocycles. The van der Waals surface area contributed by atoms with Gasteiger partial charge in [-0.25, -0.2) is 14.8 Å². The number of nitrogens with two attached hydrogens (primary N) is 1. The van der Waals surface area contributed by atoms with E-state index >= 15 is 0 Å². The third-order valence-corrected chi connectivity index (χ3v) is 2.14. The molecule has 4 nitrogen and oxygen atoms in total. The molecule has 1 atom stereocenters. The predicted molar refractivity (Wildman–Crippen MR) is 54.2 cm³/mol. The van der Waals surface area contributed by atoms with E-state index in [1.807, 2.05) is 0 Å². The number of nitrogens with one attached hydrogen (secondary N) is 2. The Balaban J connectivity index is 2.35. The maximum absolute atomic E-state index is 13.0. The monoisotopic (exact) mass is 206 g/mol. The molecule has 5 heteroatoms. The molecule has 0 amide bonds. The fourth-order valence-electron chi connectivity index (χ4n) is 1.45. The first-order valence-electron chi connectivity index (χ1n) is 4.52. The maximum Gasteiger partial charge on any atom is 0.129 e. The lowest BCUT2D eigenvalue weighted by Gasteiger charge is -2.13. The van der Waals surface area contributed by atoms with Crippen molar-refractivity contribution in [2.24, 2.45) is 5.84 Å². The van der Waals surface area contributed by atoms with Crippen molar-refractivity contribution in [3.63, 3.8) is 0 Å². The number of halogens is 1. The highest BCUT2D eigenvalue weighted by Crippen LogP contribution is 2.18. The van der Waals surface area contributed by atoms with E-state index in [1.165, 1.54) is 12.1 Å². The van der Waals surface area contributed by atoms with Crippen LogP contribution in [0.3, 0.4) is 0 Å². The van der Waals surface area contributed by atoms with Gasteiger partial charge in [-0.05, 0) is 17.7 Å². The molecular formula is C10H11FN4. The predicted octanol–water partition coefficient (Wildman–Crippen LogP) is 1.10. The summed E-state index contributed by atoms with van der Waals surface area (Å²) in [5.41, 5.74) is 3.32. The van der Waals surface area contributed by atoms with Gasteiger partial charge in [-0.15, -0.1) is 0 Å². The first-order chi connectivity index (χ1) is 7.31. The second kappa shape index (κ2) is 4.20. The lowest BCUT2D eigenvalue weighted by atomic mass is 10.1. The van der Waals surface area contributed by atoms with Crippen LogP contribution in [0.5, 0.6) is 0 Å². The van der Waals surface area contributed by atoms with E-state index < -0.39 is 0 Å². The molecule has 15 heavy (non-hydrogen) atoms. The number of benzene rings is 1. The van der Waals surface area contributed by atoms with Gasteiger partial charge >= 0.3 is 0 Å². The molecule has 0 aliphatic heterocycles. The molecule has 78 valence electrons. The van der Waals surface area contributed by atoms with Crippen molar-refractivity contribution >= 4 is 0 Å². The summed E-state index contributed by atoms with van der Waals surface area (Å²) in [6, 6.07) is 5.91. The van der Waals surface area contributed by atoms with Crippen molar-refractivity contribution in [3.05, 3.63) is 53.9 Å². The highest BCUT2D eigenvalue weighted by atomic mass is 19.1. The Kier molecular flexibility index (Phi) is 2.75. The standard InChI is InChI=1S/C10H11FN4/c11-8-3-1-2-7(6-8)9(15-12)10-13-4-5-14-10/h1-6,9,15H,12H2,(H,13,14). The number of imidazole rings is 1. The fraction of sp³-hybridized carbons (Fsp3) is 0.100. The Labute approximate surface area is 86.3 Å². The van der Waals surface area contributed by atoms with Gasteiger partial charge in [0, 0.05) is 12.4 Å². The number of H-pyrrole nitrogens is 1. The number of hydrogen-bond donors (Lipinski definition) is 3. The van der Waals surface area contributed by atoms with Crippen LogP contribution in [0.15, 0.2) is 36.7 Å². The smallest absolute Gasteiger partial charge is 0.129 e. The first-order valence-corrected chi connectivity index (χ1v) is 4.52. The lowest BCUT2D eigenvalue weighted by molar-refractivity contribution is 0.590. The molecule has 2 aromatic rings. The van der Waals surface area contributed by atoms with E-state index in [-0.39, 0.29) is 11.9 Å². The lowest BCUT2D eigenvalue weighted by Crippen LogP contribution is -2.29. The summed E-state index contributed by atoms with van der Waals surface area (Å²) in [7, 11) is 0. The van der Waals surface area contributed by atoms with Crippen LogP contribution in [0.4, 0.5) is 4.39 Å². The van der Waals surface area contributed by atoms with E-state index in [2.05, 4.69) is 15.4 Å². The summed E-state index contributed by atoms with van der Waals surface area (Å²) < 4.78 is 13.0. The van der Waals surface area contributed by atoms with Crippen molar-refractivity contribution in [1.82, 2.24) is 15.4 Å². The van der Waals surface area contributed by atoms with E-state index in [0.717, 1.165) is 5.56 Å². The van der Waals surface area contributed by atoms with Gasteiger partial charge in [0.15, 0.2) is 0 Å². The highest BCUT2D eigenvalue weighted by molar-refractivity contribution is 5.25. The van der Waals surface area contributed by atoms with Crippen LogP contribution < -0.4 is 11.3 Å². The number of aromatic amines is 1. The quantitative estimate of drug-likeness (QED) is 0.520. The Bertz CT molecular complexity index is 427. The van der Waals surface area contributed by atoms with Gasteiger partial charge in [-0.1, -0.05) is 12.1 Å². The van der Waals surface area contributed by atoms with E-state index in [9.17, 15) is 4.39 Å². The van der Waals surface area contributed by atoms with E-state index in [1.54, 1.807) is 24.5 Å². The molecule has 1 heterocycles. The maximum atomic E-state index is 13.0. The summed E-state index contributed by atoms with van der Waals surface area (Å²) in [5.74, 6) is 5.78. The van der Waals surface area contributed by atoms with Crippen LogP contribution in [0.1, 0.15) is 17.4 Å². The molecule has 0 spiro atoms. The number of hydrazine groups is 1. The molecular weight excluding hydrogens is 195 g/mol. The molecule has 0 aliphatic carbocycles. The van der Waals surface area contributed by atoms with Crippen molar-refractivity contribution in [2.75, 3.05) is 0 Å². The summed E-state index contributed by atoms with van der Waals surface area (Å²) in [6.45, 7) is 0. The van der Waals surface area contributed by atoms with Crippen molar-refractivity contribution in [3.8, 4) is 0 Å². The van der Waals surface area contributed by atoms with Gasteiger partial charge in [0.1, 0.15) is 17.7 Å². The zero-order valence-corrected chi connectivity index (χ0v) is 7.94. The van der Waals surface area contributed by atoms with Gasteiger partial charge < -0.3 is 4.98 Å². The van der Waals surface area contributed by atoms with Crippen LogP contribution in [-0.4, -0.2) is 9.97 Å². The SMILES string of the molecule is NNC(c1cccc(F)c1)c1ncc[nH]1. The largest absolute Gasteiger partial charge is 0.347 e. The number of hydrogen-bond acceptors (Lipinski definition) is 3. The summed E-state index contributed by atoms with van der Waals surface area (Å²) in [4.78, 5) is 7.00. The Morgan fingerprint density at radius 3 is 2.93 bits per heavy atom. The van der Waals surface area contributed by atoms with Crippen LogP contribution in [0.25, 0.3) is 0 Å². The average Bonchev–Trinajstić information content (AvgIpc) is 2.72. The summed E-state index contributed by atoms with van der Waals surface area (Å²) >= 11 is 0. The molecule has 0 radical (unpaired) electrons. The van der Waals surface area contributed by atoms with E-state index in [4.69, 9.17) is 5.84 Å². The second-order valence-electron chi connectivity index (χ2n) is 3.13. The second-order valence-corrected chi connectivity index (χ2v) is 3.13. The molecule has 0 saturated carbocycles. The average molecular weight is 206 g/mol. The molecule has 1 unspecified atom stereocenters. The molecule has 0 fully saturated rings. The minimum Gasteiger partial charge on any atom is -0.347 e. The van der Waals surface area contributed by atoms with Gasteiger partial charge in [0.25, 0.3) is 0 Å². The summed E-state index contributed by atoms with van der Waals surface area (Å²) in [6.07, 6.45) is 3.32. The fourth-order valence-corrected chi connectivity index (χ4v) is 1.45. The molecule has 2 rings (SSSR count). The summed E-state index contributed by atoms with van der Waals surface area (Å²) in [5, 5.41) is 0. The number of nitrogens with zero attached hydrogens (tertiary/aromatic N) is 1. The minimum absolute atomic E-state index is 0.292. The van der Waals surface area contributed by atoms with Gasteiger partial charge in [-0.3, -0.25) is 5.84 Å². The third kappa shape index (κ3) is 2.03. The molecule has 0 aliphatic rings. The highest BCUT2D eigenvalue weighted by Gasteiger charge is 2.14. The van der Waals surface area contributed by atoms with Gasteiger partial charge in [0.05, 0.1) is 0 Å². The normalized spacial score (nSPS) is 12.7. The van der Waals surface area contributed by atoms with Gasteiger partial charge in [0.2, 0.25) is 0 Å². The van der Waals surface area contributed by atoms with Crippen molar-refractivity contribution in [1.29, 1.82) is 0 Å². The Morgan fingerprint density at radius 2 is 2.33 bits per heavy atom. The first kappa shape index (κ1) is 9.82. The van der Waals surface area contributed by atoms with E-state index in [0.29, 0.717) is 5.82 Å². The minimum atomic E-state index is -0.323. The molecule has 0 saturated heterocycles. The van der Waals surface area contributed by atoms with Crippen LogP contribution in [0.2, 0.25) is 0 Å². The van der Waals surface area contributed by atoms with Gasteiger partial charge in [-0.2, -0.15) is 0 Å². The van der Waals surface area contributed by atoms with Crippen LogP contribution >= 0.6 is 0 Å².